The van der Waals surface area contributed by atoms with Crippen LogP contribution in [-0.4, -0.2) is 32.3 Å². The summed E-state index contributed by atoms with van der Waals surface area (Å²) in [5.74, 6) is 2.43. The molecule has 0 N–H and O–H groups in total. The summed E-state index contributed by atoms with van der Waals surface area (Å²) in [6.07, 6.45) is 4.55. The van der Waals surface area contributed by atoms with Crippen LogP contribution < -0.4 is 14.2 Å². The van der Waals surface area contributed by atoms with Crippen molar-refractivity contribution in [2.24, 2.45) is 0 Å². The molecule has 0 aliphatic heterocycles. The van der Waals surface area contributed by atoms with Crippen LogP contribution in [-0.2, 0) is 6.42 Å². The van der Waals surface area contributed by atoms with Gasteiger partial charge in [-0.15, -0.1) is 0 Å². The molecule has 0 amide bonds. The van der Waals surface area contributed by atoms with E-state index in [1.807, 2.05) is 13.0 Å². The Morgan fingerprint density at radius 1 is 1.08 bits per heavy atom. The van der Waals surface area contributed by atoms with Crippen LogP contribution in [0.1, 0.15) is 41.1 Å². The number of unbranched alkanes of at least 4 members (excludes halogenated alkanes) is 2. The molecule has 0 radical (unpaired) electrons. The number of hydrogen-bond donors (Lipinski definition) is 0. The highest BCUT2D eigenvalue weighted by atomic mass is 16.5. The zero-order valence-corrected chi connectivity index (χ0v) is 14.3. The maximum Gasteiger partial charge on any atom is 0.203 e. The smallest absolute Gasteiger partial charge is 0.203 e. The minimum absolute atomic E-state index is 0.485. The van der Waals surface area contributed by atoms with E-state index in [2.05, 4.69) is 5.16 Å². The van der Waals surface area contributed by atoms with Crippen LogP contribution in [0.2, 0.25) is 0 Å². The number of aromatic nitrogens is 1. The summed E-state index contributed by atoms with van der Waals surface area (Å²) in [6.45, 7) is 2.46. The van der Waals surface area contributed by atoms with Gasteiger partial charge in [0.25, 0.3) is 0 Å². The average Bonchev–Trinajstić information content (AvgIpc) is 3.02. The number of nitrogens with zero attached hydrogens (tertiary/aromatic N) is 1. The van der Waals surface area contributed by atoms with Crippen molar-refractivity contribution >= 4 is 6.29 Å². The number of rotatable bonds is 10. The van der Waals surface area contributed by atoms with Crippen molar-refractivity contribution in [3.05, 3.63) is 35.2 Å². The molecule has 0 saturated carbocycles. The van der Waals surface area contributed by atoms with Crippen LogP contribution in [0.4, 0.5) is 0 Å². The van der Waals surface area contributed by atoms with Gasteiger partial charge in [0.05, 0.1) is 26.5 Å². The fourth-order valence-corrected chi connectivity index (χ4v) is 2.40. The van der Waals surface area contributed by atoms with Gasteiger partial charge in [0.15, 0.2) is 11.5 Å². The number of carbonyl (C=O) groups is 1. The van der Waals surface area contributed by atoms with Gasteiger partial charge in [-0.1, -0.05) is 5.16 Å². The summed E-state index contributed by atoms with van der Waals surface area (Å²) in [7, 11) is 3.07. The molecule has 2 aromatic rings. The third kappa shape index (κ3) is 4.75. The molecule has 130 valence electrons. The third-order valence-corrected chi connectivity index (χ3v) is 3.61. The van der Waals surface area contributed by atoms with Gasteiger partial charge in [-0.05, 0) is 38.3 Å². The van der Waals surface area contributed by atoms with E-state index in [-0.39, 0.29) is 0 Å². The molecule has 0 bridgehead atoms. The first kappa shape index (κ1) is 17.8. The van der Waals surface area contributed by atoms with E-state index >= 15 is 0 Å². The SMILES string of the molecule is COc1cc(C=O)cc(OC)c1OCCCCCc1cc(C)no1. The Hall–Kier alpha value is -2.50. The second-order valence-corrected chi connectivity index (χ2v) is 5.47. The maximum atomic E-state index is 10.9. The molecule has 0 fully saturated rings. The quantitative estimate of drug-likeness (QED) is 0.489. The fraction of sp³-hybridized carbons (Fsp3) is 0.444. The van der Waals surface area contributed by atoms with Crippen molar-refractivity contribution in [1.82, 2.24) is 5.16 Å². The molecule has 2 rings (SSSR count). The van der Waals surface area contributed by atoms with Gasteiger partial charge in [0.1, 0.15) is 12.0 Å². The highest BCUT2D eigenvalue weighted by molar-refractivity contribution is 5.78. The van der Waals surface area contributed by atoms with Crippen molar-refractivity contribution < 1.29 is 23.5 Å². The highest BCUT2D eigenvalue weighted by Gasteiger charge is 2.14. The highest BCUT2D eigenvalue weighted by Crippen LogP contribution is 2.38. The summed E-state index contributed by atoms with van der Waals surface area (Å²) in [6, 6.07) is 5.23. The molecule has 1 aromatic carbocycles. The van der Waals surface area contributed by atoms with Gasteiger partial charge in [0, 0.05) is 18.1 Å². The first-order valence-electron chi connectivity index (χ1n) is 7.94. The van der Waals surface area contributed by atoms with E-state index in [9.17, 15) is 4.79 Å². The molecule has 6 heteroatoms. The van der Waals surface area contributed by atoms with Crippen LogP contribution in [0.5, 0.6) is 17.2 Å². The Labute approximate surface area is 141 Å². The topological polar surface area (TPSA) is 70.8 Å². The van der Waals surface area contributed by atoms with Crippen molar-refractivity contribution in [2.75, 3.05) is 20.8 Å². The molecule has 0 aliphatic rings. The molecule has 6 nitrogen and oxygen atoms in total. The summed E-state index contributed by atoms with van der Waals surface area (Å²) < 4.78 is 21.6. The van der Waals surface area contributed by atoms with Gasteiger partial charge >= 0.3 is 0 Å². The number of hydrogen-bond acceptors (Lipinski definition) is 6. The molecule has 1 aromatic heterocycles. The molecule has 0 unspecified atom stereocenters. The van der Waals surface area contributed by atoms with Crippen molar-refractivity contribution in [2.45, 2.75) is 32.6 Å². The normalized spacial score (nSPS) is 10.5. The zero-order valence-electron chi connectivity index (χ0n) is 14.3. The van der Waals surface area contributed by atoms with E-state index in [1.165, 1.54) is 14.2 Å². The molecule has 1 heterocycles. The van der Waals surface area contributed by atoms with Crippen LogP contribution >= 0.6 is 0 Å². The van der Waals surface area contributed by atoms with Crippen LogP contribution in [0, 0.1) is 6.92 Å². The lowest BCUT2D eigenvalue weighted by molar-refractivity contribution is 0.112. The maximum absolute atomic E-state index is 10.9. The Balaban J connectivity index is 1.82. The zero-order chi connectivity index (χ0) is 17.4. The summed E-state index contributed by atoms with van der Waals surface area (Å²) in [5.41, 5.74) is 1.39. The number of ether oxygens (including phenoxy) is 3. The van der Waals surface area contributed by atoms with Gasteiger partial charge < -0.3 is 18.7 Å². The molecule has 24 heavy (non-hydrogen) atoms. The largest absolute Gasteiger partial charge is 0.493 e. The Morgan fingerprint density at radius 2 is 1.79 bits per heavy atom. The number of aryl methyl sites for hydroxylation is 2. The Bertz CT molecular complexity index is 640. The molecular formula is C18H23NO5. The van der Waals surface area contributed by atoms with Crippen molar-refractivity contribution in [3.8, 4) is 17.2 Å². The van der Waals surface area contributed by atoms with Crippen LogP contribution in [0.25, 0.3) is 0 Å². The van der Waals surface area contributed by atoms with E-state index in [0.29, 0.717) is 29.4 Å². The lowest BCUT2D eigenvalue weighted by Gasteiger charge is -2.15. The Kier molecular flexibility index (Phi) is 6.66. The van der Waals surface area contributed by atoms with Crippen LogP contribution in [0.3, 0.4) is 0 Å². The summed E-state index contributed by atoms with van der Waals surface area (Å²) in [4.78, 5) is 10.9. The van der Waals surface area contributed by atoms with E-state index in [0.717, 1.165) is 43.4 Å². The number of methoxy groups -OCH3 is 2. The summed E-state index contributed by atoms with van der Waals surface area (Å²) in [5, 5.41) is 3.87. The standard InChI is InChI=1S/C18H23NO5/c1-13-9-15(24-19-13)7-5-4-6-8-23-18-16(21-2)10-14(12-20)11-17(18)22-3/h9-12H,4-8H2,1-3H3. The van der Waals surface area contributed by atoms with Crippen molar-refractivity contribution in [3.63, 3.8) is 0 Å². The van der Waals surface area contributed by atoms with E-state index < -0.39 is 0 Å². The van der Waals surface area contributed by atoms with Gasteiger partial charge in [0.2, 0.25) is 5.75 Å². The first-order valence-corrected chi connectivity index (χ1v) is 7.94. The predicted molar refractivity (Wildman–Crippen MR) is 89.2 cm³/mol. The number of aldehydes is 1. The van der Waals surface area contributed by atoms with Gasteiger partial charge in [-0.3, -0.25) is 4.79 Å². The number of benzene rings is 1. The Morgan fingerprint density at radius 3 is 2.33 bits per heavy atom. The van der Waals surface area contributed by atoms with E-state index in [4.69, 9.17) is 18.7 Å². The minimum atomic E-state index is 0.485. The first-order chi connectivity index (χ1) is 11.7. The molecule has 0 aliphatic carbocycles. The lowest BCUT2D eigenvalue weighted by atomic mass is 10.1. The van der Waals surface area contributed by atoms with Crippen molar-refractivity contribution in [1.29, 1.82) is 0 Å². The van der Waals surface area contributed by atoms with E-state index in [1.54, 1.807) is 12.1 Å². The fourth-order valence-electron chi connectivity index (χ4n) is 2.40. The predicted octanol–water partition coefficient (Wildman–Crippen LogP) is 3.60. The van der Waals surface area contributed by atoms with Gasteiger partial charge in [-0.25, -0.2) is 0 Å². The second kappa shape index (κ2) is 8.96. The number of carbonyl (C=O) groups excluding carboxylic acids is 1. The molecule has 0 saturated heterocycles. The summed E-state index contributed by atoms with van der Waals surface area (Å²) >= 11 is 0. The molecule has 0 spiro atoms. The van der Waals surface area contributed by atoms with Gasteiger partial charge in [-0.2, -0.15) is 0 Å². The minimum Gasteiger partial charge on any atom is -0.493 e. The molecular weight excluding hydrogens is 310 g/mol. The van der Waals surface area contributed by atoms with Crippen LogP contribution in [0.15, 0.2) is 22.7 Å². The molecule has 0 atom stereocenters. The second-order valence-electron chi connectivity index (χ2n) is 5.47. The lowest BCUT2D eigenvalue weighted by Crippen LogP contribution is -2.02. The average molecular weight is 333 g/mol. The third-order valence-electron chi connectivity index (χ3n) is 3.61. The monoisotopic (exact) mass is 333 g/mol.